The van der Waals surface area contributed by atoms with Crippen molar-refractivity contribution >= 4 is 5.91 Å². The molecule has 2 saturated heterocycles. The predicted octanol–water partition coefficient (Wildman–Crippen LogP) is 2.19. The van der Waals surface area contributed by atoms with E-state index in [9.17, 15) is 4.79 Å². The number of hydrogen-bond acceptors (Lipinski definition) is 3. The highest BCUT2D eigenvalue weighted by Gasteiger charge is 2.53. The summed E-state index contributed by atoms with van der Waals surface area (Å²) in [5.74, 6) is 2.07. The van der Waals surface area contributed by atoms with Crippen molar-refractivity contribution in [1.29, 1.82) is 0 Å². The van der Waals surface area contributed by atoms with Crippen LogP contribution in [0.25, 0.3) is 0 Å². The molecule has 1 N–H and O–H groups in total. The molecule has 25 heavy (non-hydrogen) atoms. The molecule has 2 aliphatic carbocycles. The van der Waals surface area contributed by atoms with Gasteiger partial charge in [0.25, 0.3) is 0 Å². The van der Waals surface area contributed by atoms with E-state index in [0.717, 1.165) is 45.1 Å². The van der Waals surface area contributed by atoms with Gasteiger partial charge < -0.3 is 15.0 Å². The van der Waals surface area contributed by atoms with Crippen molar-refractivity contribution in [2.45, 2.75) is 37.1 Å². The third kappa shape index (κ3) is 3.00. The van der Waals surface area contributed by atoms with E-state index in [1.165, 1.54) is 24.9 Å². The summed E-state index contributed by atoms with van der Waals surface area (Å²) in [6, 6.07) is 10.6. The molecule has 134 valence electrons. The van der Waals surface area contributed by atoms with Gasteiger partial charge in [-0.1, -0.05) is 30.3 Å². The Morgan fingerprint density at radius 2 is 1.80 bits per heavy atom. The van der Waals surface area contributed by atoms with E-state index in [2.05, 4.69) is 22.3 Å². The van der Waals surface area contributed by atoms with Crippen LogP contribution in [0.4, 0.5) is 0 Å². The molecule has 4 nitrogen and oxygen atoms in total. The molecular weight excluding hydrogens is 312 g/mol. The van der Waals surface area contributed by atoms with Gasteiger partial charge >= 0.3 is 0 Å². The number of likely N-dealkylation sites (tertiary alicyclic amines) is 1. The molecule has 2 saturated carbocycles. The van der Waals surface area contributed by atoms with Gasteiger partial charge in [-0.3, -0.25) is 4.79 Å². The SMILES string of the molecule is O=C(NC1C2COCC1CN(CC1CC1)C2)C1(c2ccccc2)CC1. The van der Waals surface area contributed by atoms with E-state index in [1.807, 2.05) is 18.2 Å². The smallest absolute Gasteiger partial charge is 0.230 e. The van der Waals surface area contributed by atoms with Crippen LogP contribution < -0.4 is 5.32 Å². The van der Waals surface area contributed by atoms with Crippen LogP contribution in [-0.2, 0) is 14.9 Å². The van der Waals surface area contributed by atoms with Crippen LogP contribution in [0.2, 0.25) is 0 Å². The highest BCUT2D eigenvalue weighted by molar-refractivity contribution is 5.91. The molecule has 2 unspecified atom stereocenters. The molecule has 1 aromatic rings. The molecule has 0 aromatic heterocycles. The number of benzene rings is 1. The van der Waals surface area contributed by atoms with Crippen LogP contribution in [0.15, 0.2) is 30.3 Å². The van der Waals surface area contributed by atoms with E-state index in [0.29, 0.717) is 11.8 Å². The van der Waals surface area contributed by atoms with Crippen molar-refractivity contribution in [2.75, 3.05) is 32.8 Å². The largest absolute Gasteiger partial charge is 0.381 e. The highest BCUT2D eigenvalue weighted by atomic mass is 16.5. The first-order chi connectivity index (χ1) is 12.2. The van der Waals surface area contributed by atoms with Crippen LogP contribution in [0.5, 0.6) is 0 Å². The number of ether oxygens (including phenoxy) is 1. The van der Waals surface area contributed by atoms with Gasteiger partial charge in [0, 0.05) is 37.5 Å². The molecule has 2 bridgehead atoms. The van der Waals surface area contributed by atoms with Crippen molar-refractivity contribution in [3.63, 3.8) is 0 Å². The summed E-state index contributed by atoms with van der Waals surface area (Å²) in [7, 11) is 0. The van der Waals surface area contributed by atoms with E-state index < -0.39 is 0 Å². The van der Waals surface area contributed by atoms with E-state index >= 15 is 0 Å². The highest BCUT2D eigenvalue weighted by Crippen LogP contribution is 2.48. The van der Waals surface area contributed by atoms with Crippen molar-refractivity contribution in [3.05, 3.63) is 35.9 Å². The Morgan fingerprint density at radius 3 is 2.40 bits per heavy atom. The standard InChI is InChI=1S/C21H28N2O2/c24-20(21(8-9-21)18-4-2-1-3-5-18)22-19-16-11-23(10-15-6-7-15)12-17(19)14-25-13-16/h1-5,15-17,19H,6-14H2,(H,22,24). The first kappa shape index (κ1) is 15.8. The fraction of sp³-hybridized carbons (Fsp3) is 0.667. The number of carbonyl (C=O) groups is 1. The summed E-state index contributed by atoms with van der Waals surface area (Å²) < 4.78 is 5.83. The maximum absolute atomic E-state index is 13.1. The second-order valence-electron chi connectivity index (χ2n) is 8.67. The molecule has 4 heteroatoms. The van der Waals surface area contributed by atoms with Crippen LogP contribution >= 0.6 is 0 Å². The number of amides is 1. The molecule has 2 aliphatic heterocycles. The second-order valence-corrected chi connectivity index (χ2v) is 8.67. The number of nitrogens with one attached hydrogen (secondary N) is 1. The van der Waals surface area contributed by atoms with Gasteiger partial charge in [-0.25, -0.2) is 0 Å². The van der Waals surface area contributed by atoms with E-state index in [-0.39, 0.29) is 17.4 Å². The Kier molecular flexibility index (Phi) is 3.86. The maximum Gasteiger partial charge on any atom is 0.230 e. The Morgan fingerprint density at radius 1 is 1.12 bits per heavy atom. The van der Waals surface area contributed by atoms with E-state index in [1.54, 1.807) is 0 Å². The zero-order valence-corrected chi connectivity index (χ0v) is 14.8. The maximum atomic E-state index is 13.1. The average Bonchev–Trinajstić information content (AvgIpc) is 3.51. The van der Waals surface area contributed by atoms with Gasteiger partial charge in [0.05, 0.1) is 18.6 Å². The molecular formula is C21H28N2O2. The average molecular weight is 340 g/mol. The number of rotatable bonds is 5. The van der Waals surface area contributed by atoms with Crippen LogP contribution in [0.1, 0.15) is 31.2 Å². The molecule has 4 fully saturated rings. The Labute approximate surface area is 149 Å². The summed E-state index contributed by atoms with van der Waals surface area (Å²) in [4.78, 5) is 15.8. The molecule has 1 amide bonds. The summed E-state index contributed by atoms with van der Waals surface area (Å²) in [6.45, 7) is 5.00. The minimum Gasteiger partial charge on any atom is -0.381 e. The lowest BCUT2D eigenvalue weighted by atomic mass is 9.81. The molecule has 5 rings (SSSR count). The van der Waals surface area contributed by atoms with Crippen LogP contribution in [0.3, 0.4) is 0 Å². The van der Waals surface area contributed by atoms with Crippen LogP contribution in [-0.4, -0.2) is 49.7 Å². The lowest BCUT2D eigenvalue weighted by Gasteiger charge is -2.47. The fourth-order valence-corrected chi connectivity index (χ4v) is 4.90. The van der Waals surface area contributed by atoms with Gasteiger partial charge in [-0.05, 0) is 37.2 Å². The lowest BCUT2D eigenvalue weighted by Crippen LogP contribution is -2.62. The first-order valence-electron chi connectivity index (χ1n) is 9.91. The lowest BCUT2D eigenvalue weighted by molar-refractivity contribution is -0.129. The third-order valence-electron chi connectivity index (χ3n) is 6.69. The molecule has 2 atom stereocenters. The van der Waals surface area contributed by atoms with Gasteiger partial charge in [0.1, 0.15) is 0 Å². The molecule has 4 aliphatic rings. The fourth-order valence-electron chi connectivity index (χ4n) is 4.90. The monoisotopic (exact) mass is 340 g/mol. The van der Waals surface area contributed by atoms with E-state index in [4.69, 9.17) is 4.74 Å². The van der Waals surface area contributed by atoms with Crippen LogP contribution in [0, 0.1) is 17.8 Å². The van der Waals surface area contributed by atoms with Gasteiger partial charge in [-0.2, -0.15) is 0 Å². The number of piperidine rings is 1. The van der Waals surface area contributed by atoms with Crippen molar-refractivity contribution in [2.24, 2.45) is 17.8 Å². The van der Waals surface area contributed by atoms with Crippen molar-refractivity contribution < 1.29 is 9.53 Å². The van der Waals surface area contributed by atoms with Gasteiger partial charge in [-0.15, -0.1) is 0 Å². The summed E-state index contributed by atoms with van der Waals surface area (Å²) in [5, 5.41) is 3.47. The third-order valence-corrected chi connectivity index (χ3v) is 6.69. The van der Waals surface area contributed by atoms with Crippen molar-refractivity contribution in [3.8, 4) is 0 Å². The quantitative estimate of drug-likeness (QED) is 0.893. The molecule has 0 spiro atoms. The molecule has 0 radical (unpaired) electrons. The number of hydrogen-bond donors (Lipinski definition) is 1. The minimum absolute atomic E-state index is 0.247. The molecule has 2 heterocycles. The first-order valence-corrected chi connectivity index (χ1v) is 9.91. The summed E-state index contributed by atoms with van der Waals surface area (Å²) in [5.41, 5.74) is 0.918. The number of carbonyl (C=O) groups excluding carboxylic acids is 1. The Hall–Kier alpha value is -1.39. The molecule has 1 aromatic carbocycles. The zero-order valence-electron chi connectivity index (χ0n) is 14.8. The summed E-state index contributed by atoms with van der Waals surface area (Å²) in [6.07, 6.45) is 4.77. The second kappa shape index (κ2) is 6.10. The summed E-state index contributed by atoms with van der Waals surface area (Å²) >= 11 is 0. The number of fused-ring (bicyclic) bond motifs is 2. The predicted molar refractivity (Wildman–Crippen MR) is 96.2 cm³/mol. The number of nitrogens with zero attached hydrogens (tertiary/aromatic N) is 1. The zero-order chi connectivity index (χ0) is 16.9. The van der Waals surface area contributed by atoms with Gasteiger partial charge in [0.15, 0.2) is 0 Å². The Bertz CT molecular complexity index is 625. The Balaban J connectivity index is 1.28. The van der Waals surface area contributed by atoms with Crippen molar-refractivity contribution in [1.82, 2.24) is 10.2 Å². The topological polar surface area (TPSA) is 41.6 Å². The minimum atomic E-state index is -0.262. The van der Waals surface area contributed by atoms with Gasteiger partial charge in [0.2, 0.25) is 5.91 Å². The normalized spacial score (nSPS) is 33.7.